The first-order valence-corrected chi connectivity index (χ1v) is 11.1. The van der Waals surface area contributed by atoms with Crippen molar-refractivity contribution in [3.05, 3.63) is 23.3 Å². The normalized spacial score (nSPS) is 40.0. The summed E-state index contributed by atoms with van der Waals surface area (Å²) in [5.74, 6) is 0. The van der Waals surface area contributed by atoms with E-state index >= 15 is 0 Å². The van der Waals surface area contributed by atoms with Gasteiger partial charge in [0.15, 0.2) is 12.6 Å². The monoisotopic (exact) mass is 478 g/mol. The van der Waals surface area contributed by atoms with Crippen LogP contribution >= 0.6 is 0 Å². The van der Waals surface area contributed by atoms with Crippen molar-refractivity contribution in [2.24, 2.45) is 0 Å². The highest BCUT2D eigenvalue weighted by atomic mass is 16.7. The van der Waals surface area contributed by atoms with Gasteiger partial charge in [-0.15, -0.1) is 0 Å². The van der Waals surface area contributed by atoms with Crippen molar-refractivity contribution in [2.45, 2.75) is 95.0 Å². The third kappa shape index (κ3) is 7.51. The molecular weight excluding hydrogens is 440 g/mol. The molecule has 2 saturated heterocycles. The van der Waals surface area contributed by atoms with Gasteiger partial charge in [0.05, 0.1) is 19.8 Å². The number of hydrogen-bond donors (Lipinski definition) is 7. The molecule has 192 valence electrons. The minimum atomic E-state index is -1.71. The topological polar surface area (TPSA) is 179 Å². The summed E-state index contributed by atoms with van der Waals surface area (Å²) in [6.07, 6.45) is -8.90. The van der Waals surface area contributed by atoms with Crippen LogP contribution in [0.2, 0.25) is 0 Å². The second kappa shape index (κ2) is 13.2. The lowest BCUT2D eigenvalue weighted by Crippen LogP contribution is -2.64. The molecule has 2 aliphatic rings. The molecule has 0 saturated carbocycles. The van der Waals surface area contributed by atoms with Crippen molar-refractivity contribution in [1.29, 1.82) is 0 Å². The van der Waals surface area contributed by atoms with Crippen LogP contribution < -0.4 is 0 Å². The molecule has 2 unspecified atom stereocenters. The van der Waals surface area contributed by atoms with E-state index in [1.165, 1.54) is 5.57 Å². The molecule has 0 bridgehead atoms. The van der Waals surface area contributed by atoms with E-state index in [1.54, 1.807) is 0 Å². The van der Waals surface area contributed by atoms with Gasteiger partial charge in [0.2, 0.25) is 0 Å². The van der Waals surface area contributed by atoms with E-state index < -0.39 is 74.6 Å². The van der Waals surface area contributed by atoms with Gasteiger partial charge in [-0.1, -0.05) is 23.3 Å². The van der Waals surface area contributed by atoms with Gasteiger partial charge in [0.1, 0.15) is 48.8 Å². The highest BCUT2D eigenvalue weighted by Gasteiger charge is 2.50. The maximum absolute atomic E-state index is 10.6. The zero-order valence-corrected chi connectivity index (χ0v) is 19.2. The molecule has 2 heterocycles. The van der Waals surface area contributed by atoms with Crippen LogP contribution in [0.3, 0.4) is 0 Å². The van der Waals surface area contributed by atoms with Gasteiger partial charge in [-0.3, -0.25) is 0 Å². The van der Waals surface area contributed by atoms with Crippen molar-refractivity contribution >= 4 is 0 Å². The third-order valence-electron chi connectivity index (χ3n) is 5.74. The third-order valence-corrected chi connectivity index (χ3v) is 5.74. The highest BCUT2D eigenvalue weighted by Crippen LogP contribution is 2.29. The zero-order valence-electron chi connectivity index (χ0n) is 19.2. The van der Waals surface area contributed by atoms with E-state index in [0.717, 1.165) is 18.4 Å². The number of ether oxygens (including phenoxy) is 4. The lowest BCUT2D eigenvalue weighted by atomic mass is 9.97. The second-order valence-corrected chi connectivity index (χ2v) is 8.71. The van der Waals surface area contributed by atoms with Gasteiger partial charge in [0.25, 0.3) is 0 Å². The number of allylic oxidation sites excluding steroid dienone is 3. The molecule has 33 heavy (non-hydrogen) atoms. The summed E-state index contributed by atoms with van der Waals surface area (Å²) in [6, 6.07) is 0. The average Bonchev–Trinajstić information content (AvgIpc) is 2.78. The fourth-order valence-corrected chi connectivity index (χ4v) is 3.67. The predicted molar refractivity (Wildman–Crippen MR) is 115 cm³/mol. The van der Waals surface area contributed by atoms with Crippen molar-refractivity contribution < 1.29 is 54.7 Å². The van der Waals surface area contributed by atoms with Crippen molar-refractivity contribution in [2.75, 3.05) is 19.8 Å². The van der Waals surface area contributed by atoms with Gasteiger partial charge in [-0.25, -0.2) is 0 Å². The molecule has 10 atom stereocenters. The highest BCUT2D eigenvalue weighted by molar-refractivity contribution is 5.02. The summed E-state index contributed by atoms with van der Waals surface area (Å²) in [6.45, 7) is 4.87. The van der Waals surface area contributed by atoms with Crippen LogP contribution in [0.15, 0.2) is 23.3 Å². The Bertz CT molecular complexity index is 646. The van der Waals surface area contributed by atoms with Crippen LogP contribution in [-0.4, -0.2) is 117 Å². The van der Waals surface area contributed by atoms with Crippen molar-refractivity contribution in [3.63, 3.8) is 0 Å². The van der Waals surface area contributed by atoms with E-state index in [9.17, 15) is 35.7 Å². The molecule has 11 nitrogen and oxygen atoms in total. The molecule has 0 amide bonds. The number of aliphatic hydroxyl groups is 7. The van der Waals surface area contributed by atoms with Crippen LogP contribution in [-0.2, 0) is 18.9 Å². The maximum atomic E-state index is 10.6. The number of rotatable bonds is 10. The molecule has 0 aromatic rings. The standard InChI is InChI=1S/C22H38O11/c1-11(2)5-4-6-12(3)7-8-30-21-19(29)17(27)20(14(10-24)32-21)33-22-18(28)16(26)15(25)13(9-23)31-22/h5,7,13-29H,4,6,8-10H2,1-3H3/t13-,14-,15-,16+,17-,18-,19-,20-,21?,22?/m1/s1. The minimum absolute atomic E-state index is 0.117. The van der Waals surface area contributed by atoms with E-state index in [2.05, 4.69) is 6.08 Å². The van der Waals surface area contributed by atoms with Crippen LogP contribution in [0.5, 0.6) is 0 Å². The summed E-state index contributed by atoms with van der Waals surface area (Å²) in [4.78, 5) is 0. The SMILES string of the molecule is CC(C)=CCCC(C)=CCOC1O[C@H](CO)[C@@H](OC2O[C@H](CO)[C@@H](O)[C@H](O)[C@H]2O)[C@H](O)[C@H]1O. The molecule has 0 aliphatic carbocycles. The van der Waals surface area contributed by atoms with E-state index in [0.29, 0.717) is 0 Å². The molecule has 0 spiro atoms. The van der Waals surface area contributed by atoms with Gasteiger partial charge >= 0.3 is 0 Å². The molecule has 11 heteroatoms. The first-order chi connectivity index (χ1) is 15.6. The molecular formula is C22H38O11. The molecule has 0 aromatic heterocycles. The van der Waals surface area contributed by atoms with E-state index in [4.69, 9.17) is 18.9 Å². The molecule has 2 rings (SSSR count). The van der Waals surface area contributed by atoms with Crippen LogP contribution in [0.4, 0.5) is 0 Å². The summed E-state index contributed by atoms with van der Waals surface area (Å²) in [7, 11) is 0. The van der Waals surface area contributed by atoms with Crippen molar-refractivity contribution in [1.82, 2.24) is 0 Å². The predicted octanol–water partition coefficient (Wildman–Crippen LogP) is -1.68. The molecule has 0 aromatic carbocycles. The lowest BCUT2D eigenvalue weighted by Gasteiger charge is -2.45. The van der Waals surface area contributed by atoms with Crippen LogP contribution in [0.1, 0.15) is 33.6 Å². The quantitative estimate of drug-likeness (QED) is 0.178. The fourth-order valence-electron chi connectivity index (χ4n) is 3.67. The summed E-state index contributed by atoms with van der Waals surface area (Å²) >= 11 is 0. The number of aliphatic hydroxyl groups excluding tert-OH is 7. The maximum Gasteiger partial charge on any atom is 0.187 e. The Morgan fingerprint density at radius 3 is 1.97 bits per heavy atom. The Labute approximate surface area is 193 Å². The molecule has 0 radical (unpaired) electrons. The second-order valence-electron chi connectivity index (χ2n) is 8.71. The Morgan fingerprint density at radius 2 is 1.36 bits per heavy atom. The van der Waals surface area contributed by atoms with Gasteiger partial charge in [-0.05, 0) is 33.6 Å². The smallest absolute Gasteiger partial charge is 0.187 e. The van der Waals surface area contributed by atoms with E-state index in [-0.39, 0.29) is 6.61 Å². The zero-order chi connectivity index (χ0) is 24.7. The first-order valence-electron chi connectivity index (χ1n) is 11.1. The molecule has 7 N–H and O–H groups in total. The largest absolute Gasteiger partial charge is 0.394 e. The van der Waals surface area contributed by atoms with Gasteiger partial charge in [0, 0.05) is 0 Å². The van der Waals surface area contributed by atoms with Crippen LogP contribution in [0.25, 0.3) is 0 Å². The van der Waals surface area contributed by atoms with Crippen molar-refractivity contribution in [3.8, 4) is 0 Å². The average molecular weight is 479 g/mol. The van der Waals surface area contributed by atoms with E-state index in [1.807, 2.05) is 26.8 Å². The van der Waals surface area contributed by atoms with Crippen LogP contribution in [0, 0.1) is 0 Å². The fraction of sp³-hybridized carbons (Fsp3) is 0.818. The summed E-state index contributed by atoms with van der Waals surface area (Å²) in [5.41, 5.74) is 2.32. The Hall–Kier alpha value is -0.960. The molecule has 2 fully saturated rings. The summed E-state index contributed by atoms with van der Waals surface area (Å²) < 4.78 is 21.9. The van der Waals surface area contributed by atoms with Gasteiger partial charge < -0.3 is 54.7 Å². The Morgan fingerprint density at radius 1 is 0.758 bits per heavy atom. The molecule has 2 aliphatic heterocycles. The minimum Gasteiger partial charge on any atom is -0.394 e. The first kappa shape index (κ1) is 28.3. The van der Waals surface area contributed by atoms with Gasteiger partial charge in [-0.2, -0.15) is 0 Å². The number of hydrogen-bond acceptors (Lipinski definition) is 11. The summed E-state index contributed by atoms with van der Waals surface area (Å²) in [5, 5.41) is 70.0. The lowest BCUT2D eigenvalue weighted by molar-refractivity contribution is -0.358. The Balaban J connectivity index is 1.97. The Kier molecular flexibility index (Phi) is 11.3.